The lowest BCUT2D eigenvalue weighted by Gasteiger charge is -2.12. The van der Waals surface area contributed by atoms with Gasteiger partial charge in [0.25, 0.3) is 0 Å². The third-order valence-corrected chi connectivity index (χ3v) is 2.87. The molecule has 2 N–H and O–H groups in total. The molecule has 0 unspecified atom stereocenters. The van der Waals surface area contributed by atoms with Crippen LogP contribution >= 0.6 is 0 Å². The third kappa shape index (κ3) is 1.53. The maximum Gasteiger partial charge on any atom is 0.140 e. The summed E-state index contributed by atoms with van der Waals surface area (Å²) in [6.07, 6.45) is 4.02. The Bertz CT molecular complexity index is 306. The van der Waals surface area contributed by atoms with E-state index < -0.39 is 0 Å². The number of hydrogen-bond acceptors (Lipinski definition) is 4. The summed E-state index contributed by atoms with van der Waals surface area (Å²) in [4.78, 5) is 0. The summed E-state index contributed by atoms with van der Waals surface area (Å²) in [6, 6.07) is 0. The summed E-state index contributed by atoms with van der Waals surface area (Å²) in [5.41, 5.74) is 5.86. The van der Waals surface area contributed by atoms with Crippen LogP contribution in [0.5, 0.6) is 0 Å². The third-order valence-electron chi connectivity index (χ3n) is 2.87. The van der Waals surface area contributed by atoms with E-state index in [-0.39, 0.29) is 5.41 Å². The quantitative estimate of drug-likeness (QED) is 0.715. The van der Waals surface area contributed by atoms with Gasteiger partial charge in [0.2, 0.25) is 0 Å². The molecule has 1 heterocycles. The van der Waals surface area contributed by atoms with Gasteiger partial charge in [-0.1, -0.05) is 0 Å². The highest BCUT2D eigenvalue weighted by Crippen LogP contribution is 2.45. The van der Waals surface area contributed by atoms with Gasteiger partial charge in [-0.3, -0.25) is 0 Å². The van der Waals surface area contributed by atoms with Gasteiger partial charge < -0.3 is 15.0 Å². The summed E-state index contributed by atoms with van der Waals surface area (Å²) in [5, 5.41) is 8.08. The number of rotatable bonds is 5. The molecule has 0 radical (unpaired) electrons. The molecule has 0 spiro atoms. The predicted molar refractivity (Wildman–Crippen MR) is 51.9 cm³/mol. The molecule has 0 amide bonds. The molecule has 0 bridgehead atoms. The van der Waals surface area contributed by atoms with Crippen LogP contribution in [0.15, 0.2) is 6.33 Å². The molecule has 5 heteroatoms. The number of nitrogens with two attached hydrogens (primary N) is 1. The Kier molecular flexibility index (Phi) is 2.52. The van der Waals surface area contributed by atoms with Crippen LogP contribution in [0.2, 0.25) is 0 Å². The number of ether oxygens (including phenoxy) is 1. The molecule has 1 saturated carbocycles. The minimum Gasteiger partial charge on any atom is -0.383 e. The van der Waals surface area contributed by atoms with Crippen molar-refractivity contribution in [1.82, 2.24) is 14.8 Å². The molecular formula is C9H16N4O. The van der Waals surface area contributed by atoms with Gasteiger partial charge in [0.15, 0.2) is 0 Å². The molecule has 5 nitrogen and oxygen atoms in total. The highest BCUT2D eigenvalue weighted by molar-refractivity contribution is 5.18. The molecule has 1 fully saturated rings. The van der Waals surface area contributed by atoms with Crippen molar-refractivity contribution in [2.45, 2.75) is 24.8 Å². The molecule has 0 aromatic carbocycles. The lowest BCUT2D eigenvalue weighted by atomic mass is 10.1. The van der Waals surface area contributed by atoms with E-state index in [1.54, 1.807) is 13.4 Å². The number of aromatic nitrogens is 3. The van der Waals surface area contributed by atoms with Gasteiger partial charge in [0, 0.05) is 25.6 Å². The standard InChI is InChI=1S/C9H16N4O/c1-14-5-4-13-7-11-12-8(13)9(6-10)2-3-9/h7H,2-6,10H2,1H3. The van der Waals surface area contributed by atoms with Gasteiger partial charge >= 0.3 is 0 Å². The SMILES string of the molecule is COCCn1cnnc1C1(CN)CC1. The molecule has 0 aliphatic heterocycles. The van der Waals surface area contributed by atoms with E-state index in [0.717, 1.165) is 25.2 Å². The Hall–Kier alpha value is -0.940. The monoisotopic (exact) mass is 196 g/mol. The number of nitrogens with zero attached hydrogens (tertiary/aromatic N) is 3. The van der Waals surface area contributed by atoms with Crippen LogP contribution in [0, 0.1) is 0 Å². The normalized spacial score (nSPS) is 18.4. The van der Waals surface area contributed by atoms with Crippen LogP contribution in [0.3, 0.4) is 0 Å². The maximum absolute atomic E-state index is 5.75. The maximum atomic E-state index is 5.75. The largest absolute Gasteiger partial charge is 0.383 e. The van der Waals surface area contributed by atoms with Crippen molar-refractivity contribution in [2.75, 3.05) is 20.3 Å². The highest BCUT2D eigenvalue weighted by atomic mass is 16.5. The molecule has 1 aromatic rings. The zero-order valence-corrected chi connectivity index (χ0v) is 8.44. The zero-order valence-electron chi connectivity index (χ0n) is 8.44. The van der Waals surface area contributed by atoms with E-state index in [1.165, 1.54) is 0 Å². The second-order valence-corrected chi connectivity index (χ2v) is 3.83. The second kappa shape index (κ2) is 3.67. The molecule has 0 atom stereocenters. The Morgan fingerprint density at radius 3 is 3.00 bits per heavy atom. The van der Waals surface area contributed by atoms with Crippen LogP contribution in [0.1, 0.15) is 18.7 Å². The first kappa shape index (κ1) is 9.61. The van der Waals surface area contributed by atoms with Gasteiger partial charge in [-0.15, -0.1) is 10.2 Å². The first-order chi connectivity index (χ1) is 6.82. The Morgan fingerprint density at radius 1 is 1.64 bits per heavy atom. The number of hydrogen-bond donors (Lipinski definition) is 1. The van der Waals surface area contributed by atoms with Crippen molar-refractivity contribution >= 4 is 0 Å². The fourth-order valence-corrected chi connectivity index (χ4v) is 1.69. The van der Waals surface area contributed by atoms with Gasteiger partial charge in [-0.05, 0) is 12.8 Å². The number of methoxy groups -OCH3 is 1. The molecule has 1 aliphatic carbocycles. The molecule has 1 aliphatic rings. The molecule has 1 aromatic heterocycles. The minimum atomic E-state index is 0.115. The van der Waals surface area contributed by atoms with Crippen LogP contribution in [0.4, 0.5) is 0 Å². The van der Waals surface area contributed by atoms with Crippen molar-refractivity contribution in [3.05, 3.63) is 12.2 Å². The summed E-state index contributed by atoms with van der Waals surface area (Å²) in [7, 11) is 1.69. The average molecular weight is 196 g/mol. The summed E-state index contributed by atoms with van der Waals surface area (Å²) < 4.78 is 7.07. The Balaban J connectivity index is 2.13. The fraction of sp³-hybridized carbons (Fsp3) is 0.778. The average Bonchev–Trinajstić information content (AvgIpc) is 2.88. The smallest absolute Gasteiger partial charge is 0.140 e. The first-order valence-corrected chi connectivity index (χ1v) is 4.90. The van der Waals surface area contributed by atoms with Crippen molar-refractivity contribution in [2.24, 2.45) is 5.73 Å². The van der Waals surface area contributed by atoms with E-state index >= 15 is 0 Å². The highest BCUT2D eigenvalue weighted by Gasteiger charge is 2.46. The predicted octanol–water partition coefficient (Wildman–Crippen LogP) is -0.0852. The molecule has 14 heavy (non-hydrogen) atoms. The topological polar surface area (TPSA) is 66.0 Å². The van der Waals surface area contributed by atoms with Crippen LogP contribution in [0.25, 0.3) is 0 Å². The molecule has 78 valence electrons. The van der Waals surface area contributed by atoms with Crippen LogP contribution in [-0.4, -0.2) is 35.0 Å². The van der Waals surface area contributed by atoms with Crippen molar-refractivity contribution in [3.8, 4) is 0 Å². The minimum absolute atomic E-state index is 0.115. The van der Waals surface area contributed by atoms with E-state index in [0.29, 0.717) is 13.2 Å². The second-order valence-electron chi connectivity index (χ2n) is 3.83. The van der Waals surface area contributed by atoms with E-state index in [9.17, 15) is 0 Å². The van der Waals surface area contributed by atoms with Crippen LogP contribution in [-0.2, 0) is 16.7 Å². The van der Waals surface area contributed by atoms with Gasteiger partial charge in [-0.2, -0.15) is 0 Å². The van der Waals surface area contributed by atoms with Gasteiger partial charge in [-0.25, -0.2) is 0 Å². The Labute approximate surface area is 83.3 Å². The fourth-order valence-electron chi connectivity index (χ4n) is 1.69. The van der Waals surface area contributed by atoms with E-state index in [2.05, 4.69) is 10.2 Å². The molecular weight excluding hydrogens is 180 g/mol. The lowest BCUT2D eigenvalue weighted by Crippen LogP contribution is -2.24. The van der Waals surface area contributed by atoms with Gasteiger partial charge in [0.05, 0.1) is 6.61 Å². The first-order valence-electron chi connectivity index (χ1n) is 4.90. The molecule has 0 saturated heterocycles. The zero-order chi connectivity index (χ0) is 10.0. The van der Waals surface area contributed by atoms with Crippen molar-refractivity contribution in [1.29, 1.82) is 0 Å². The van der Waals surface area contributed by atoms with Crippen molar-refractivity contribution in [3.63, 3.8) is 0 Å². The summed E-state index contributed by atoms with van der Waals surface area (Å²) in [6.45, 7) is 2.16. The van der Waals surface area contributed by atoms with E-state index in [1.807, 2.05) is 4.57 Å². The van der Waals surface area contributed by atoms with Crippen LogP contribution < -0.4 is 5.73 Å². The van der Waals surface area contributed by atoms with Crippen molar-refractivity contribution < 1.29 is 4.74 Å². The summed E-state index contributed by atoms with van der Waals surface area (Å²) in [5.74, 6) is 1.03. The lowest BCUT2D eigenvalue weighted by molar-refractivity contribution is 0.185. The van der Waals surface area contributed by atoms with E-state index in [4.69, 9.17) is 10.5 Å². The Morgan fingerprint density at radius 2 is 2.43 bits per heavy atom. The van der Waals surface area contributed by atoms with Gasteiger partial charge in [0.1, 0.15) is 12.2 Å². The molecule has 2 rings (SSSR count). The summed E-state index contributed by atoms with van der Waals surface area (Å²) >= 11 is 0.